The predicted octanol–water partition coefficient (Wildman–Crippen LogP) is 2.39. The molecule has 1 aromatic heterocycles. The first-order valence-corrected chi connectivity index (χ1v) is 10.1. The van der Waals surface area contributed by atoms with Crippen molar-refractivity contribution >= 4 is 5.82 Å². The first-order valence-electron chi connectivity index (χ1n) is 10.1. The zero-order valence-corrected chi connectivity index (χ0v) is 17.2. The number of hydrogen-bond donors (Lipinski definition) is 1. The molecule has 1 aliphatic heterocycles. The molecule has 1 saturated heterocycles. The van der Waals surface area contributed by atoms with Crippen molar-refractivity contribution in [3.05, 3.63) is 75.8 Å². The third kappa shape index (κ3) is 4.58. The smallest absolute Gasteiger partial charge is 0.438 e. The van der Waals surface area contributed by atoms with Crippen LogP contribution >= 0.6 is 0 Å². The summed E-state index contributed by atoms with van der Waals surface area (Å²) < 4.78 is 5.12. The van der Waals surface area contributed by atoms with Crippen LogP contribution in [0.3, 0.4) is 0 Å². The molecule has 31 heavy (non-hydrogen) atoms. The maximum Gasteiger partial charge on any atom is 0.438 e. The molecule has 2 heterocycles. The fourth-order valence-corrected chi connectivity index (χ4v) is 3.69. The van der Waals surface area contributed by atoms with Crippen molar-refractivity contribution in [2.24, 2.45) is 4.99 Å². The van der Waals surface area contributed by atoms with Gasteiger partial charge in [0.25, 0.3) is 5.49 Å². The van der Waals surface area contributed by atoms with Crippen molar-refractivity contribution in [3.8, 4) is 11.4 Å². The van der Waals surface area contributed by atoms with E-state index in [4.69, 9.17) is 4.74 Å². The van der Waals surface area contributed by atoms with Gasteiger partial charge in [-0.25, -0.2) is 0 Å². The van der Waals surface area contributed by atoms with Gasteiger partial charge in [-0.15, -0.1) is 0 Å². The van der Waals surface area contributed by atoms with Gasteiger partial charge in [0, 0.05) is 19.6 Å². The fraction of sp³-hybridized carbons (Fsp3) is 0.333. The summed E-state index contributed by atoms with van der Waals surface area (Å²) in [6.07, 6.45) is 1.50. The molecule has 0 amide bonds. The second-order valence-electron chi connectivity index (χ2n) is 7.40. The van der Waals surface area contributed by atoms with Gasteiger partial charge in [0.2, 0.25) is 0 Å². The van der Waals surface area contributed by atoms with Crippen LogP contribution < -0.4 is 10.2 Å². The maximum atomic E-state index is 11.5. The van der Waals surface area contributed by atoms with Crippen LogP contribution in [0.25, 0.3) is 5.69 Å². The molecular weight excluding hydrogens is 400 g/mol. The molecule has 0 radical (unpaired) electrons. The van der Waals surface area contributed by atoms with Crippen LogP contribution in [0.5, 0.6) is 5.75 Å². The Labute approximate surface area is 178 Å². The zero-order valence-electron chi connectivity index (χ0n) is 17.2. The van der Waals surface area contributed by atoms with Gasteiger partial charge in [-0.05, 0) is 52.4 Å². The molecule has 1 aliphatic rings. The Bertz CT molecular complexity index is 1100. The van der Waals surface area contributed by atoms with Crippen molar-refractivity contribution < 1.29 is 14.9 Å². The quantitative estimate of drug-likeness (QED) is 0.370. The van der Waals surface area contributed by atoms with Crippen molar-refractivity contribution in [2.45, 2.75) is 25.4 Å². The van der Waals surface area contributed by atoms with Gasteiger partial charge < -0.3 is 20.1 Å². The first kappa shape index (κ1) is 20.6. The second-order valence-corrected chi connectivity index (χ2v) is 7.40. The van der Waals surface area contributed by atoms with Gasteiger partial charge in [-0.2, -0.15) is 0 Å². The minimum atomic E-state index is -0.629. The van der Waals surface area contributed by atoms with Crippen LogP contribution in [0.4, 0.5) is 5.82 Å². The molecule has 4 rings (SSSR count). The molecule has 162 valence electrons. The van der Waals surface area contributed by atoms with E-state index in [1.807, 2.05) is 18.2 Å². The Balaban J connectivity index is 1.54. The standard InChI is InChI=1S/C21H24N6O4/c1-31-19-9-7-18(8-10-19)25-23-21(27(29)30)20(26(25)28)22-17-11-13-24(14-12-17)15-16-5-3-2-4-6-16/h2-10,17,28H,11-15H2,1H3. The number of piperidine rings is 1. The van der Waals surface area contributed by atoms with Crippen LogP contribution in [0.2, 0.25) is 0 Å². The first-order chi connectivity index (χ1) is 15.0. The second kappa shape index (κ2) is 9.00. The highest BCUT2D eigenvalue weighted by Gasteiger charge is 2.26. The molecule has 2 aromatic carbocycles. The minimum Gasteiger partial charge on any atom is -0.497 e. The molecule has 10 heteroatoms. The summed E-state index contributed by atoms with van der Waals surface area (Å²) in [5.41, 5.74) is 1.55. The van der Waals surface area contributed by atoms with E-state index < -0.39 is 10.7 Å². The highest BCUT2D eigenvalue weighted by Crippen LogP contribution is 2.17. The van der Waals surface area contributed by atoms with Crippen molar-refractivity contribution in [1.29, 1.82) is 0 Å². The summed E-state index contributed by atoms with van der Waals surface area (Å²) in [5, 5.41) is 26.1. The maximum absolute atomic E-state index is 11.5. The molecule has 0 saturated carbocycles. The lowest BCUT2D eigenvalue weighted by atomic mass is 10.0. The lowest BCUT2D eigenvalue weighted by Gasteiger charge is -2.29. The van der Waals surface area contributed by atoms with Gasteiger partial charge in [-0.1, -0.05) is 35.2 Å². The summed E-state index contributed by atoms with van der Waals surface area (Å²) >= 11 is 0. The number of aromatic nitrogens is 3. The number of hydrogen-bond acceptors (Lipinski definition) is 7. The van der Waals surface area contributed by atoms with Gasteiger partial charge in [0.05, 0.1) is 18.3 Å². The summed E-state index contributed by atoms with van der Waals surface area (Å²) in [4.78, 5) is 19.4. The third-order valence-electron chi connectivity index (χ3n) is 5.35. The number of methoxy groups -OCH3 is 1. The number of nitrogens with zero attached hydrogens (tertiary/aromatic N) is 6. The highest BCUT2D eigenvalue weighted by atomic mass is 16.6. The zero-order chi connectivity index (χ0) is 21.8. The topological polar surface area (TPSA) is 111 Å². The monoisotopic (exact) mass is 424 g/mol. The van der Waals surface area contributed by atoms with Crippen LogP contribution in [0.15, 0.2) is 59.6 Å². The molecule has 0 unspecified atom stereocenters. The van der Waals surface area contributed by atoms with E-state index in [-0.39, 0.29) is 11.5 Å². The molecule has 0 atom stereocenters. The molecule has 0 bridgehead atoms. The Kier molecular flexibility index (Phi) is 5.99. The molecule has 1 fully saturated rings. The van der Waals surface area contributed by atoms with Gasteiger partial charge >= 0.3 is 5.82 Å². The van der Waals surface area contributed by atoms with Gasteiger partial charge in [0.15, 0.2) is 0 Å². The third-order valence-corrected chi connectivity index (χ3v) is 5.35. The van der Waals surface area contributed by atoms with E-state index >= 15 is 0 Å². The molecule has 3 aromatic rings. The lowest BCUT2D eigenvalue weighted by Crippen LogP contribution is -2.36. The number of nitro groups is 1. The van der Waals surface area contributed by atoms with Crippen LogP contribution in [-0.2, 0) is 6.54 Å². The molecule has 10 nitrogen and oxygen atoms in total. The Hall–Kier alpha value is -3.66. The summed E-state index contributed by atoms with van der Waals surface area (Å²) in [6.45, 7) is 2.52. The Morgan fingerprint density at radius 2 is 1.84 bits per heavy atom. The highest BCUT2D eigenvalue weighted by molar-refractivity contribution is 5.36. The largest absolute Gasteiger partial charge is 0.497 e. The SMILES string of the molecule is COc1ccc(-n2nc([N+](=O)[O-])c(=NC3CCN(Cc4ccccc4)CC3)n2O)cc1. The minimum absolute atomic E-state index is 0.127. The normalized spacial score (nSPS) is 15.8. The predicted molar refractivity (Wildman–Crippen MR) is 112 cm³/mol. The number of benzene rings is 2. The fourth-order valence-electron chi connectivity index (χ4n) is 3.69. The molecule has 0 aliphatic carbocycles. The lowest BCUT2D eigenvalue weighted by molar-refractivity contribution is -0.391. The average Bonchev–Trinajstić information content (AvgIpc) is 3.12. The van der Waals surface area contributed by atoms with Crippen molar-refractivity contribution in [3.63, 3.8) is 0 Å². The van der Waals surface area contributed by atoms with Crippen LogP contribution in [0.1, 0.15) is 18.4 Å². The van der Waals surface area contributed by atoms with Crippen molar-refractivity contribution in [1.82, 2.24) is 19.6 Å². The van der Waals surface area contributed by atoms with E-state index in [0.29, 0.717) is 16.3 Å². The van der Waals surface area contributed by atoms with E-state index in [1.54, 1.807) is 31.4 Å². The van der Waals surface area contributed by atoms with Crippen LogP contribution in [-0.4, -0.2) is 56.0 Å². The summed E-state index contributed by atoms with van der Waals surface area (Å²) in [5.74, 6) is 0.145. The van der Waals surface area contributed by atoms with E-state index in [0.717, 1.165) is 37.3 Å². The van der Waals surface area contributed by atoms with Gasteiger partial charge in [-0.3, -0.25) is 9.89 Å². The number of rotatable bonds is 6. The summed E-state index contributed by atoms with van der Waals surface area (Å²) in [7, 11) is 1.54. The molecular formula is C21H24N6O4. The Morgan fingerprint density at radius 1 is 1.16 bits per heavy atom. The average molecular weight is 424 g/mol. The molecule has 0 spiro atoms. The number of likely N-dealkylation sites (tertiary alicyclic amines) is 1. The van der Waals surface area contributed by atoms with Gasteiger partial charge in [0.1, 0.15) is 11.4 Å². The van der Waals surface area contributed by atoms with Crippen molar-refractivity contribution in [2.75, 3.05) is 20.2 Å². The molecule has 1 N–H and O–H groups in total. The van der Waals surface area contributed by atoms with E-state index in [1.165, 1.54) is 5.56 Å². The van der Waals surface area contributed by atoms with E-state index in [9.17, 15) is 15.3 Å². The Morgan fingerprint density at radius 3 is 2.45 bits per heavy atom. The van der Waals surface area contributed by atoms with E-state index in [2.05, 4.69) is 27.1 Å². The van der Waals surface area contributed by atoms with Crippen LogP contribution in [0, 0.1) is 10.1 Å². The number of ether oxygens (including phenoxy) is 1. The summed E-state index contributed by atoms with van der Waals surface area (Å²) in [6, 6.07) is 16.8.